The number of rotatable bonds is 1. The molecule has 0 aliphatic carbocycles. The van der Waals surface area contributed by atoms with Crippen LogP contribution in [-0.2, 0) is 4.74 Å². The van der Waals surface area contributed by atoms with E-state index < -0.39 is 6.23 Å². The second-order valence-electron chi connectivity index (χ2n) is 3.08. The highest BCUT2D eigenvalue weighted by atomic mass is 16.5. The molecule has 70 valence electrons. The largest absolute Gasteiger partial charge is 0.375 e. The Morgan fingerprint density at radius 2 is 2.08 bits per heavy atom. The minimum absolute atomic E-state index is 0.398. The zero-order valence-electron chi connectivity index (χ0n) is 7.39. The molecule has 1 saturated heterocycles. The van der Waals surface area contributed by atoms with Gasteiger partial charge in [-0.3, -0.25) is 0 Å². The zero-order valence-corrected chi connectivity index (χ0v) is 7.39. The standard InChI is InChI=1S/C10H13NO2/c12-10-8-13-7-6-11(10)9-4-2-1-3-5-9/h1-5,10,12H,6-8H2. The SMILES string of the molecule is OC1COCCN1c1ccccc1. The molecule has 1 fully saturated rings. The summed E-state index contributed by atoms with van der Waals surface area (Å²) in [5.41, 5.74) is 1.05. The third-order valence-corrected chi connectivity index (χ3v) is 2.19. The molecular weight excluding hydrogens is 166 g/mol. The lowest BCUT2D eigenvalue weighted by atomic mass is 10.2. The summed E-state index contributed by atoms with van der Waals surface area (Å²) in [7, 11) is 0. The topological polar surface area (TPSA) is 32.7 Å². The Kier molecular flexibility index (Phi) is 2.47. The van der Waals surface area contributed by atoms with Crippen molar-refractivity contribution in [1.82, 2.24) is 0 Å². The minimum Gasteiger partial charge on any atom is -0.375 e. The van der Waals surface area contributed by atoms with Crippen LogP contribution < -0.4 is 4.90 Å². The van der Waals surface area contributed by atoms with Crippen molar-refractivity contribution in [2.45, 2.75) is 6.23 Å². The number of nitrogens with zero attached hydrogens (tertiary/aromatic N) is 1. The fraction of sp³-hybridized carbons (Fsp3) is 0.400. The number of hydrogen-bond donors (Lipinski definition) is 1. The van der Waals surface area contributed by atoms with Gasteiger partial charge in [-0.05, 0) is 12.1 Å². The van der Waals surface area contributed by atoms with E-state index in [1.807, 2.05) is 35.2 Å². The van der Waals surface area contributed by atoms with Gasteiger partial charge in [0.1, 0.15) is 0 Å². The molecule has 0 aromatic heterocycles. The van der Waals surface area contributed by atoms with Crippen LogP contribution >= 0.6 is 0 Å². The highest BCUT2D eigenvalue weighted by Gasteiger charge is 2.19. The molecule has 1 atom stereocenters. The van der Waals surface area contributed by atoms with Crippen LogP contribution in [0.1, 0.15) is 0 Å². The van der Waals surface area contributed by atoms with Gasteiger partial charge in [-0.25, -0.2) is 0 Å². The quantitative estimate of drug-likeness (QED) is 0.693. The van der Waals surface area contributed by atoms with Crippen molar-refractivity contribution in [3.8, 4) is 0 Å². The number of aliphatic hydroxyl groups excluding tert-OH is 1. The summed E-state index contributed by atoms with van der Waals surface area (Å²) in [6.45, 7) is 1.84. The van der Waals surface area contributed by atoms with Crippen LogP contribution in [0.15, 0.2) is 30.3 Å². The first kappa shape index (κ1) is 8.53. The van der Waals surface area contributed by atoms with Crippen LogP contribution in [0.3, 0.4) is 0 Å². The van der Waals surface area contributed by atoms with E-state index in [9.17, 15) is 5.11 Å². The first-order valence-corrected chi connectivity index (χ1v) is 4.45. The van der Waals surface area contributed by atoms with Crippen LogP contribution in [0.5, 0.6) is 0 Å². The molecule has 1 heterocycles. The summed E-state index contributed by atoms with van der Waals surface area (Å²) in [6.07, 6.45) is -0.504. The molecule has 1 unspecified atom stereocenters. The maximum Gasteiger partial charge on any atom is 0.150 e. The summed E-state index contributed by atoms with van der Waals surface area (Å²) in [5, 5.41) is 9.62. The van der Waals surface area contributed by atoms with E-state index >= 15 is 0 Å². The monoisotopic (exact) mass is 179 g/mol. The summed E-state index contributed by atoms with van der Waals surface area (Å²) >= 11 is 0. The Balaban J connectivity index is 2.15. The molecular formula is C10H13NO2. The van der Waals surface area contributed by atoms with Gasteiger partial charge in [0.15, 0.2) is 6.23 Å². The molecule has 1 aromatic rings. The van der Waals surface area contributed by atoms with E-state index in [0.717, 1.165) is 12.2 Å². The lowest BCUT2D eigenvalue weighted by molar-refractivity contribution is 0.00633. The van der Waals surface area contributed by atoms with E-state index in [2.05, 4.69) is 0 Å². The molecule has 13 heavy (non-hydrogen) atoms. The third kappa shape index (κ3) is 1.82. The number of para-hydroxylation sites is 1. The van der Waals surface area contributed by atoms with Gasteiger partial charge in [-0.1, -0.05) is 18.2 Å². The van der Waals surface area contributed by atoms with Crippen molar-refractivity contribution in [1.29, 1.82) is 0 Å². The molecule has 0 spiro atoms. The van der Waals surface area contributed by atoms with Crippen molar-refractivity contribution in [2.75, 3.05) is 24.7 Å². The van der Waals surface area contributed by atoms with Gasteiger partial charge < -0.3 is 14.7 Å². The van der Waals surface area contributed by atoms with Crippen LogP contribution in [0.2, 0.25) is 0 Å². The summed E-state index contributed by atoms with van der Waals surface area (Å²) in [4.78, 5) is 1.95. The molecule has 1 aliphatic rings. The Hall–Kier alpha value is -1.06. The lowest BCUT2D eigenvalue weighted by Gasteiger charge is -2.33. The smallest absolute Gasteiger partial charge is 0.150 e. The molecule has 0 radical (unpaired) electrons. The van der Waals surface area contributed by atoms with Crippen LogP contribution in [0.25, 0.3) is 0 Å². The van der Waals surface area contributed by atoms with Gasteiger partial charge in [-0.15, -0.1) is 0 Å². The van der Waals surface area contributed by atoms with Gasteiger partial charge in [0.05, 0.1) is 13.2 Å². The molecule has 3 heteroatoms. The van der Waals surface area contributed by atoms with Crippen molar-refractivity contribution < 1.29 is 9.84 Å². The van der Waals surface area contributed by atoms with Crippen LogP contribution in [-0.4, -0.2) is 31.1 Å². The first-order valence-electron chi connectivity index (χ1n) is 4.45. The van der Waals surface area contributed by atoms with E-state index in [1.165, 1.54) is 0 Å². The van der Waals surface area contributed by atoms with Crippen LogP contribution in [0.4, 0.5) is 5.69 Å². The van der Waals surface area contributed by atoms with Gasteiger partial charge in [-0.2, -0.15) is 0 Å². The van der Waals surface area contributed by atoms with E-state index in [-0.39, 0.29) is 0 Å². The Labute approximate surface area is 77.6 Å². The van der Waals surface area contributed by atoms with E-state index in [4.69, 9.17) is 4.74 Å². The number of aliphatic hydroxyl groups is 1. The Morgan fingerprint density at radius 3 is 2.77 bits per heavy atom. The Morgan fingerprint density at radius 1 is 1.31 bits per heavy atom. The van der Waals surface area contributed by atoms with Gasteiger partial charge in [0, 0.05) is 12.2 Å². The lowest BCUT2D eigenvalue weighted by Crippen LogP contribution is -2.45. The van der Waals surface area contributed by atoms with Crippen molar-refractivity contribution in [3.05, 3.63) is 30.3 Å². The molecule has 2 rings (SSSR count). The minimum atomic E-state index is -0.504. The number of benzene rings is 1. The van der Waals surface area contributed by atoms with Crippen molar-refractivity contribution in [3.63, 3.8) is 0 Å². The second-order valence-corrected chi connectivity index (χ2v) is 3.08. The van der Waals surface area contributed by atoms with Crippen molar-refractivity contribution >= 4 is 5.69 Å². The zero-order chi connectivity index (χ0) is 9.10. The molecule has 3 nitrogen and oxygen atoms in total. The molecule has 0 saturated carbocycles. The number of hydrogen-bond acceptors (Lipinski definition) is 3. The predicted molar refractivity (Wildman–Crippen MR) is 50.6 cm³/mol. The first-order chi connectivity index (χ1) is 6.38. The fourth-order valence-electron chi connectivity index (χ4n) is 1.51. The maximum absolute atomic E-state index is 9.62. The second kappa shape index (κ2) is 3.77. The van der Waals surface area contributed by atoms with Gasteiger partial charge in [0.25, 0.3) is 0 Å². The van der Waals surface area contributed by atoms with Crippen molar-refractivity contribution in [2.24, 2.45) is 0 Å². The average Bonchev–Trinajstić information content (AvgIpc) is 2.20. The number of morpholine rings is 1. The highest BCUT2D eigenvalue weighted by molar-refractivity contribution is 5.46. The molecule has 1 N–H and O–H groups in total. The van der Waals surface area contributed by atoms with E-state index in [1.54, 1.807) is 0 Å². The highest BCUT2D eigenvalue weighted by Crippen LogP contribution is 2.17. The molecule has 0 bridgehead atoms. The summed E-state index contributed by atoms with van der Waals surface area (Å²) < 4.78 is 5.14. The Bertz CT molecular complexity index is 263. The third-order valence-electron chi connectivity index (χ3n) is 2.19. The molecule has 1 aliphatic heterocycles. The summed E-state index contributed by atoms with van der Waals surface area (Å²) in [6, 6.07) is 9.90. The molecule has 1 aromatic carbocycles. The average molecular weight is 179 g/mol. The predicted octanol–water partition coefficient (Wildman–Crippen LogP) is 0.842. The van der Waals surface area contributed by atoms with Crippen LogP contribution in [0, 0.1) is 0 Å². The fourth-order valence-corrected chi connectivity index (χ4v) is 1.51. The maximum atomic E-state index is 9.62. The number of anilines is 1. The normalized spacial score (nSPS) is 23.2. The summed E-state index contributed by atoms with van der Waals surface area (Å²) in [5.74, 6) is 0. The molecule has 0 amide bonds. The van der Waals surface area contributed by atoms with Gasteiger partial charge >= 0.3 is 0 Å². The van der Waals surface area contributed by atoms with E-state index in [0.29, 0.717) is 13.2 Å². The number of ether oxygens (including phenoxy) is 1. The van der Waals surface area contributed by atoms with Gasteiger partial charge in [0.2, 0.25) is 0 Å².